The second-order valence-electron chi connectivity index (χ2n) is 4.79. The Morgan fingerprint density at radius 2 is 2.10 bits per heavy atom. The lowest BCUT2D eigenvalue weighted by Crippen LogP contribution is -1.96. The van der Waals surface area contributed by atoms with E-state index in [4.69, 9.17) is 10.5 Å². The average molecular weight is 267 g/mol. The van der Waals surface area contributed by atoms with Crippen molar-refractivity contribution in [3.63, 3.8) is 0 Å². The van der Waals surface area contributed by atoms with Crippen LogP contribution in [0, 0.1) is 0 Å². The zero-order chi connectivity index (χ0) is 14.1. The number of methoxy groups -OCH3 is 1. The van der Waals surface area contributed by atoms with Crippen molar-refractivity contribution in [2.24, 2.45) is 12.8 Å². The first-order valence-electron chi connectivity index (χ1n) is 6.51. The van der Waals surface area contributed by atoms with Gasteiger partial charge in [-0.1, -0.05) is 0 Å². The Labute approximate surface area is 117 Å². The summed E-state index contributed by atoms with van der Waals surface area (Å²) in [5, 5.41) is 1.13. The van der Waals surface area contributed by atoms with E-state index in [-0.39, 0.29) is 0 Å². The maximum absolute atomic E-state index is 5.71. The monoisotopic (exact) mass is 267 g/mol. The lowest BCUT2D eigenvalue weighted by atomic mass is 10.1. The number of hydrogen-bond acceptors (Lipinski definition) is 3. The van der Waals surface area contributed by atoms with Gasteiger partial charge >= 0.3 is 0 Å². The molecule has 2 heterocycles. The molecule has 0 aliphatic heterocycles. The van der Waals surface area contributed by atoms with E-state index in [0.717, 1.165) is 33.5 Å². The van der Waals surface area contributed by atoms with Crippen LogP contribution >= 0.6 is 0 Å². The van der Waals surface area contributed by atoms with Gasteiger partial charge in [-0.2, -0.15) is 0 Å². The molecule has 2 aromatic heterocycles. The fraction of sp³-hybridized carbons (Fsp3) is 0.188. The first-order valence-corrected chi connectivity index (χ1v) is 6.51. The molecule has 3 rings (SSSR count). The molecule has 0 saturated heterocycles. The summed E-state index contributed by atoms with van der Waals surface area (Å²) in [6, 6.07) is 10.0. The minimum Gasteiger partial charge on any atom is -0.497 e. The predicted molar refractivity (Wildman–Crippen MR) is 80.6 cm³/mol. The van der Waals surface area contributed by atoms with Crippen LogP contribution in [0.15, 0.2) is 42.7 Å². The molecule has 0 bridgehead atoms. The van der Waals surface area contributed by atoms with Gasteiger partial charge in [-0.3, -0.25) is 4.98 Å². The number of rotatable bonds is 3. The lowest BCUT2D eigenvalue weighted by Gasteiger charge is -2.03. The molecule has 4 heteroatoms. The molecule has 20 heavy (non-hydrogen) atoms. The Bertz CT molecular complexity index is 762. The van der Waals surface area contributed by atoms with Gasteiger partial charge in [0.1, 0.15) is 5.75 Å². The van der Waals surface area contributed by atoms with E-state index in [2.05, 4.69) is 21.8 Å². The summed E-state index contributed by atoms with van der Waals surface area (Å²) in [7, 11) is 3.71. The highest BCUT2D eigenvalue weighted by Crippen LogP contribution is 2.31. The van der Waals surface area contributed by atoms with Crippen molar-refractivity contribution >= 4 is 10.9 Å². The van der Waals surface area contributed by atoms with Crippen LogP contribution in [0.25, 0.3) is 22.2 Å². The fourth-order valence-electron chi connectivity index (χ4n) is 2.45. The highest BCUT2D eigenvalue weighted by Gasteiger charge is 2.11. The van der Waals surface area contributed by atoms with Crippen LogP contribution < -0.4 is 10.5 Å². The number of pyridine rings is 1. The molecule has 2 N–H and O–H groups in total. The van der Waals surface area contributed by atoms with Gasteiger partial charge in [-0.25, -0.2) is 0 Å². The summed E-state index contributed by atoms with van der Waals surface area (Å²) in [5.41, 5.74) is 9.97. The third kappa shape index (κ3) is 2.04. The number of benzene rings is 1. The predicted octanol–water partition coefficient (Wildman–Crippen LogP) is 2.71. The molecule has 3 aromatic rings. The van der Waals surface area contributed by atoms with E-state index in [1.54, 1.807) is 13.3 Å². The maximum atomic E-state index is 5.71. The molecule has 0 amide bonds. The molecule has 0 atom stereocenters. The Kier molecular flexibility index (Phi) is 3.16. The number of ether oxygens (including phenoxy) is 1. The quantitative estimate of drug-likeness (QED) is 0.793. The van der Waals surface area contributed by atoms with E-state index in [9.17, 15) is 0 Å². The van der Waals surface area contributed by atoms with E-state index in [1.165, 1.54) is 0 Å². The summed E-state index contributed by atoms with van der Waals surface area (Å²) in [6.07, 6.45) is 3.89. The summed E-state index contributed by atoms with van der Waals surface area (Å²) in [4.78, 5) is 4.47. The van der Waals surface area contributed by atoms with Gasteiger partial charge in [0.2, 0.25) is 0 Å². The van der Waals surface area contributed by atoms with Crippen LogP contribution in [0.1, 0.15) is 5.56 Å². The van der Waals surface area contributed by atoms with Gasteiger partial charge in [0.15, 0.2) is 0 Å². The Balaban J connectivity index is 2.24. The first-order chi connectivity index (χ1) is 9.72. The Hall–Kier alpha value is -2.33. The summed E-state index contributed by atoms with van der Waals surface area (Å²) < 4.78 is 7.42. The fourth-order valence-corrected chi connectivity index (χ4v) is 2.45. The highest BCUT2D eigenvalue weighted by molar-refractivity contribution is 5.96. The number of aromatic nitrogens is 2. The summed E-state index contributed by atoms with van der Waals surface area (Å²) in [5.74, 6) is 0.847. The van der Waals surface area contributed by atoms with Crippen LogP contribution in [-0.2, 0) is 13.6 Å². The summed E-state index contributed by atoms with van der Waals surface area (Å²) >= 11 is 0. The molecular weight excluding hydrogens is 250 g/mol. The van der Waals surface area contributed by atoms with Gasteiger partial charge < -0.3 is 15.0 Å². The third-order valence-corrected chi connectivity index (χ3v) is 3.53. The van der Waals surface area contributed by atoms with Crippen LogP contribution in [0.2, 0.25) is 0 Å². The minimum absolute atomic E-state index is 0.517. The van der Waals surface area contributed by atoms with Crippen molar-refractivity contribution in [2.45, 2.75) is 6.54 Å². The number of hydrogen-bond donors (Lipinski definition) is 1. The molecule has 0 aliphatic carbocycles. The maximum Gasteiger partial charge on any atom is 0.119 e. The molecular formula is C16H17N3O. The van der Waals surface area contributed by atoms with E-state index < -0.39 is 0 Å². The van der Waals surface area contributed by atoms with Crippen molar-refractivity contribution < 1.29 is 4.74 Å². The van der Waals surface area contributed by atoms with E-state index in [1.807, 2.05) is 31.3 Å². The SMILES string of the molecule is COc1ccc2c(c1)c(-c1cc(CN)ccn1)cn2C. The van der Waals surface area contributed by atoms with Crippen LogP contribution in [-0.4, -0.2) is 16.7 Å². The largest absolute Gasteiger partial charge is 0.497 e. The number of fused-ring (bicyclic) bond motifs is 1. The Morgan fingerprint density at radius 3 is 2.85 bits per heavy atom. The van der Waals surface area contributed by atoms with Crippen molar-refractivity contribution in [1.29, 1.82) is 0 Å². The highest BCUT2D eigenvalue weighted by atomic mass is 16.5. The van der Waals surface area contributed by atoms with Gasteiger partial charge in [0.25, 0.3) is 0 Å². The second-order valence-corrected chi connectivity index (χ2v) is 4.79. The van der Waals surface area contributed by atoms with Gasteiger partial charge in [0, 0.05) is 42.5 Å². The van der Waals surface area contributed by atoms with Crippen molar-refractivity contribution in [2.75, 3.05) is 7.11 Å². The standard InChI is InChI=1S/C16H17N3O/c1-19-10-14(15-7-11(9-17)5-6-18-15)13-8-12(20-2)3-4-16(13)19/h3-8,10H,9,17H2,1-2H3. The average Bonchev–Trinajstić information content (AvgIpc) is 2.84. The Morgan fingerprint density at radius 1 is 1.25 bits per heavy atom. The molecule has 102 valence electrons. The van der Waals surface area contributed by atoms with E-state index in [0.29, 0.717) is 6.54 Å². The molecule has 0 radical (unpaired) electrons. The van der Waals surface area contributed by atoms with Gasteiger partial charge in [-0.05, 0) is 35.9 Å². The molecule has 4 nitrogen and oxygen atoms in total. The smallest absolute Gasteiger partial charge is 0.119 e. The zero-order valence-corrected chi connectivity index (χ0v) is 11.6. The molecule has 0 saturated carbocycles. The normalized spacial score (nSPS) is 10.9. The van der Waals surface area contributed by atoms with Gasteiger partial charge in [-0.15, -0.1) is 0 Å². The molecule has 0 spiro atoms. The molecule has 0 fully saturated rings. The third-order valence-electron chi connectivity index (χ3n) is 3.53. The zero-order valence-electron chi connectivity index (χ0n) is 11.6. The van der Waals surface area contributed by atoms with Crippen molar-refractivity contribution in [3.8, 4) is 17.0 Å². The second kappa shape index (κ2) is 4.98. The van der Waals surface area contributed by atoms with Gasteiger partial charge in [0.05, 0.1) is 12.8 Å². The van der Waals surface area contributed by atoms with Crippen LogP contribution in [0.5, 0.6) is 5.75 Å². The number of nitrogens with zero attached hydrogens (tertiary/aromatic N) is 2. The van der Waals surface area contributed by atoms with Crippen molar-refractivity contribution in [1.82, 2.24) is 9.55 Å². The molecule has 1 aromatic carbocycles. The molecule has 0 unspecified atom stereocenters. The number of aryl methyl sites for hydroxylation is 1. The summed E-state index contributed by atoms with van der Waals surface area (Å²) in [6.45, 7) is 0.517. The topological polar surface area (TPSA) is 53.1 Å². The lowest BCUT2D eigenvalue weighted by molar-refractivity contribution is 0.415. The molecule has 0 aliphatic rings. The van der Waals surface area contributed by atoms with Crippen LogP contribution in [0.4, 0.5) is 0 Å². The first kappa shape index (κ1) is 12.7. The minimum atomic E-state index is 0.517. The van der Waals surface area contributed by atoms with Crippen molar-refractivity contribution in [3.05, 3.63) is 48.3 Å². The number of nitrogens with two attached hydrogens (primary N) is 1. The van der Waals surface area contributed by atoms with Crippen LogP contribution in [0.3, 0.4) is 0 Å². The van der Waals surface area contributed by atoms with E-state index >= 15 is 0 Å².